The van der Waals surface area contributed by atoms with E-state index in [1.54, 1.807) is 6.20 Å². The number of aromatic nitrogens is 1. The molecule has 0 spiro atoms. The third-order valence-corrected chi connectivity index (χ3v) is 3.70. The minimum Gasteiger partial charge on any atom is -0.377 e. The summed E-state index contributed by atoms with van der Waals surface area (Å²) in [5, 5.41) is 3.04. The van der Waals surface area contributed by atoms with Crippen LogP contribution >= 0.6 is 0 Å². The van der Waals surface area contributed by atoms with Gasteiger partial charge in [-0.1, -0.05) is 19.9 Å². The lowest BCUT2D eigenvalue weighted by Gasteiger charge is -2.37. The summed E-state index contributed by atoms with van der Waals surface area (Å²) in [5.41, 5.74) is 0.875. The van der Waals surface area contributed by atoms with Gasteiger partial charge in [-0.05, 0) is 31.4 Å². The molecule has 1 aliphatic heterocycles. The highest BCUT2D eigenvalue weighted by Gasteiger charge is 2.28. The van der Waals surface area contributed by atoms with Gasteiger partial charge in [-0.3, -0.25) is 4.98 Å². The molecular weight excluding hydrogens is 266 g/mol. The Labute approximate surface area is 126 Å². The van der Waals surface area contributed by atoms with Gasteiger partial charge in [0.1, 0.15) is 0 Å². The first-order chi connectivity index (χ1) is 10.1. The maximum absolute atomic E-state index is 12.5. The Kier molecular flexibility index (Phi) is 5.56. The average molecular weight is 291 g/mol. The van der Waals surface area contributed by atoms with Gasteiger partial charge >= 0.3 is 6.03 Å². The Morgan fingerprint density at radius 1 is 1.48 bits per heavy atom. The van der Waals surface area contributed by atoms with Crippen LogP contribution in [0, 0.1) is 5.92 Å². The van der Waals surface area contributed by atoms with Crippen LogP contribution in [-0.2, 0) is 4.74 Å². The number of amides is 2. The predicted molar refractivity (Wildman–Crippen MR) is 82.0 cm³/mol. The van der Waals surface area contributed by atoms with E-state index < -0.39 is 0 Å². The third kappa shape index (κ3) is 4.43. The molecule has 0 aliphatic carbocycles. The lowest BCUT2D eigenvalue weighted by atomic mass is 10.0. The van der Waals surface area contributed by atoms with Gasteiger partial charge in [-0.15, -0.1) is 0 Å². The highest BCUT2D eigenvalue weighted by atomic mass is 16.5. The molecule has 2 heterocycles. The minimum atomic E-state index is -0.0961. The molecule has 2 rings (SSSR count). The van der Waals surface area contributed by atoms with E-state index in [4.69, 9.17) is 4.74 Å². The van der Waals surface area contributed by atoms with E-state index in [9.17, 15) is 4.79 Å². The summed E-state index contributed by atoms with van der Waals surface area (Å²) in [4.78, 5) is 18.7. The Balaban J connectivity index is 1.97. The van der Waals surface area contributed by atoms with Crippen molar-refractivity contribution in [1.82, 2.24) is 15.2 Å². The lowest BCUT2D eigenvalue weighted by molar-refractivity contribution is 0.00507. The predicted octanol–water partition coefficient (Wildman–Crippen LogP) is 2.60. The summed E-state index contributed by atoms with van der Waals surface area (Å²) in [6, 6.07) is 5.77. The van der Waals surface area contributed by atoms with E-state index in [-0.39, 0.29) is 18.1 Å². The SMILES string of the molecule is CC(C)C[C@H]1COCCN1C(=O)N[C@H](C)c1ccccn1. The number of carbonyl (C=O) groups is 1. The first-order valence-electron chi connectivity index (χ1n) is 7.63. The summed E-state index contributed by atoms with van der Waals surface area (Å²) < 4.78 is 5.52. The van der Waals surface area contributed by atoms with Gasteiger partial charge in [0, 0.05) is 12.7 Å². The molecule has 1 fully saturated rings. The second kappa shape index (κ2) is 7.41. The summed E-state index contributed by atoms with van der Waals surface area (Å²) in [6.45, 7) is 8.18. The van der Waals surface area contributed by atoms with E-state index in [0.717, 1.165) is 12.1 Å². The fourth-order valence-electron chi connectivity index (χ4n) is 2.64. The number of rotatable bonds is 4. The van der Waals surface area contributed by atoms with Crippen molar-refractivity contribution < 1.29 is 9.53 Å². The number of carbonyl (C=O) groups excluding carboxylic acids is 1. The monoisotopic (exact) mass is 291 g/mol. The molecule has 5 nitrogen and oxygen atoms in total. The van der Waals surface area contributed by atoms with Gasteiger partial charge in [-0.2, -0.15) is 0 Å². The van der Waals surface area contributed by atoms with E-state index in [0.29, 0.717) is 25.7 Å². The van der Waals surface area contributed by atoms with E-state index >= 15 is 0 Å². The number of pyridine rings is 1. The Hall–Kier alpha value is -1.62. The van der Waals surface area contributed by atoms with Crippen molar-refractivity contribution in [2.24, 2.45) is 5.92 Å². The second-order valence-corrected chi connectivity index (χ2v) is 5.98. The molecule has 0 unspecified atom stereocenters. The van der Waals surface area contributed by atoms with Crippen molar-refractivity contribution in [3.8, 4) is 0 Å². The standard InChI is InChI=1S/C16H25N3O2/c1-12(2)10-14-11-21-9-8-19(14)16(20)18-13(3)15-6-4-5-7-17-15/h4-7,12-14H,8-11H2,1-3H3,(H,18,20)/t13-,14+/m1/s1. The molecule has 5 heteroatoms. The zero-order chi connectivity index (χ0) is 15.2. The zero-order valence-corrected chi connectivity index (χ0v) is 13.1. The van der Waals surface area contributed by atoms with Gasteiger partial charge in [0.15, 0.2) is 0 Å². The van der Waals surface area contributed by atoms with Crippen LogP contribution < -0.4 is 5.32 Å². The van der Waals surface area contributed by atoms with Gasteiger partial charge in [0.2, 0.25) is 0 Å². The summed E-state index contributed by atoms with van der Waals surface area (Å²) in [7, 11) is 0. The van der Waals surface area contributed by atoms with Gasteiger partial charge in [0.05, 0.1) is 31.0 Å². The van der Waals surface area contributed by atoms with Gasteiger partial charge < -0.3 is 15.0 Å². The smallest absolute Gasteiger partial charge is 0.318 e. The normalized spacial score (nSPS) is 20.4. The van der Waals surface area contributed by atoms with Crippen molar-refractivity contribution in [1.29, 1.82) is 0 Å². The van der Waals surface area contributed by atoms with Crippen LogP contribution in [-0.4, -0.2) is 41.7 Å². The Morgan fingerprint density at radius 3 is 2.95 bits per heavy atom. The van der Waals surface area contributed by atoms with E-state index in [1.165, 1.54) is 0 Å². The van der Waals surface area contributed by atoms with Crippen LogP contribution in [0.25, 0.3) is 0 Å². The fraction of sp³-hybridized carbons (Fsp3) is 0.625. The maximum atomic E-state index is 12.5. The molecule has 1 aromatic rings. The van der Waals surface area contributed by atoms with Crippen molar-refractivity contribution in [2.75, 3.05) is 19.8 Å². The molecule has 0 aromatic carbocycles. The summed E-state index contributed by atoms with van der Waals surface area (Å²) in [6.07, 6.45) is 2.71. The molecular formula is C16H25N3O2. The van der Waals surface area contributed by atoms with Crippen molar-refractivity contribution in [3.05, 3.63) is 30.1 Å². The molecule has 116 valence electrons. The topological polar surface area (TPSA) is 54.5 Å². The molecule has 1 N–H and O–H groups in total. The highest BCUT2D eigenvalue weighted by Crippen LogP contribution is 2.17. The average Bonchev–Trinajstić information content (AvgIpc) is 2.48. The number of morpholine rings is 1. The number of nitrogens with one attached hydrogen (secondary N) is 1. The van der Waals surface area contributed by atoms with E-state index in [1.807, 2.05) is 30.0 Å². The number of urea groups is 1. The number of nitrogens with zero attached hydrogens (tertiary/aromatic N) is 2. The number of hydrogen-bond donors (Lipinski definition) is 1. The van der Waals surface area contributed by atoms with Crippen molar-refractivity contribution in [3.63, 3.8) is 0 Å². The first-order valence-corrected chi connectivity index (χ1v) is 7.63. The largest absolute Gasteiger partial charge is 0.377 e. The number of ether oxygens (including phenoxy) is 1. The fourth-order valence-corrected chi connectivity index (χ4v) is 2.64. The first kappa shape index (κ1) is 15.8. The molecule has 2 amide bonds. The number of hydrogen-bond acceptors (Lipinski definition) is 3. The Bertz CT molecular complexity index is 450. The van der Waals surface area contributed by atoms with E-state index in [2.05, 4.69) is 24.1 Å². The van der Waals surface area contributed by atoms with Crippen LogP contribution in [0.15, 0.2) is 24.4 Å². The van der Waals surface area contributed by atoms with Crippen LogP contribution in [0.3, 0.4) is 0 Å². The second-order valence-electron chi connectivity index (χ2n) is 5.98. The molecule has 2 atom stereocenters. The summed E-state index contributed by atoms with van der Waals surface area (Å²) in [5.74, 6) is 0.542. The minimum absolute atomic E-state index is 0.0258. The molecule has 1 saturated heterocycles. The third-order valence-electron chi connectivity index (χ3n) is 3.70. The van der Waals surface area contributed by atoms with Crippen LogP contribution in [0.5, 0.6) is 0 Å². The van der Waals surface area contributed by atoms with Gasteiger partial charge in [-0.25, -0.2) is 4.79 Å². The van der Waals surface area contributed by atoms with Crippen molar-refractivity contribution >= 4 is 6.03 Å². The Morgan fingerprint density at radius 2 is 2.29 bits per heavy atom. The highest BCUT2D eigenvalue weighted by molar-refractivity contribution is 5.75. The zero-order valence-electron chi connectivity index (χ0n) is 13.1. The summed E-state index contributed by atoms with van der Waals surface area (Å²) >= 11 is 0. The maximum Gasteiger partial charge on any atom is 0.318 e. The van der Waals surface area contributed by atoms with Crippen LogP contribution in [0.1, 0.15) is 38.9 Å². The van der Waals surface area contributed by atoms with Crippen LogP contribution in [0.2, 0.25) is 0 Å². The molecule has 0 bridgehead atoms. The molecule has 0 radical (unpaired) electrons. The molecule has 1 aliphatic rings. The van der Waals surface area contributed by atoms with Crippen molar-refractivity contribution in [2.45, 2.75) is 39.3 Å². The quantitative estimate of drug-likeness (QED) is 0.927. The lowest BCUT2D eigenvalue weighted by Crippen LogP contribution is -2.53. The molecule has 0 saturated carbocycles. The van der Waals surface area contributed by atoms with Crippen LogP contribution in [0.4, 0.5) is 4.79 Å². The van der Waals surface area contributed by atoms with Gasteiger partial charge in [0.25, 0.3) is 0 Å². The molecule has 21 heavy (non-hydrogen) atoms. The molecule has 1 aromatic heterocycles.